The maximum Gasteiger partial charge on any atom is 0.384 e. The number of hydrogen-bond acceptors (Lipinski definition) is 11. The molecule has 1 aromatic carbocycles. The van der Waals surface area contributed by atoms with Crippen LogP contribution in [0.4, 0.5) is 10.1 Å². The molecule has 1 saturated carbocycles. The molecule has 14 heteroatoms. The van der Waals surface area contributed by atoms with E-state index in [1.165, 1.54) is 16.9 Å². The topological polar surface area (TPSA) is 138 Å². The van der Waals surface area contributed by atoms with Crippen molar-refractivity contribution in [1.82, 2.24) is 34.4 Å². The summed E-state index contributed by atoms with van der Waals surface area (Å²) in [6.07, 6.45) is 15.7. The number of fused-ring (bicyclic) bond motifs is 1. The van der Waals surface area contributed by atoms with Crippen LogP contribution in [-0.2, 0) is 27.4 Å². The zero-order valence-electron chi connectivity index (χ0n) is 31.6. The van der Waals surface area contributed by atoms with Crippen molar-refractivity contribution in [3.8, 4) is 18.0 Å². The molecule has 0 amide bonds. The van der Waals surface area contributed by atoms with Crippen LogP contribution in [0.3, 0.4) is 0 Å². The summed E-state index contributed by atoms with van der Waals surface area (Å²) in [4.78, 5) is 50.0. The van der Waals surface area contributed by atoms with Crippen LogP contribution in [-0.4, -0.2) is 78.7 Å². The third kappa shape index (κ3) is 9.42. The van der Waals surface area contributed by atoms with E-state index in [1.54, 1.807) is 25.8 Å². The zero-order valence-corrected chi connectivity index (χ0v) is 31.6. The summed E-state index contributed by atoms with van der Waals surface area (Å²) in [7, 11) is 0. The second-order valence-electron chi connectivity index (χ2n) is 13.7. The van der Waals surface area contributed by atoms with Gasteiger partial charge in [0.1, 0.15) is 11.5 Å². The Bertz CT molecular complexity index is 2260. The van der Waals surface area contributed by atoms with Crippen molar-refractivity contribution in [3.63, 3.8) is 0 Å². The molecule has 2 aliphatic rings. The molecular weight excluding hydrogens is 703 g/mol. The highest BCUT2D eigenvalue weighted by atomic mass is 19.1. The summed E-state index contributed by atoms with van der Waals surface area (Å²) in [6.45, 7) is 10.7. The third-order valence-electron chi connectivity index (χ3n) is 9.63. The molecule has 13 nitrogen and oxygen atoms in total. The minimum absolute atomic E-state index is 0.0179. The highest BCUT2D eigenvalue weighted by molar-refractivity contribution is 5.88. The third-order valence-corrected chi connectivity index (χ3v) is 9.63. The van der Waals surface area contributed by atoms with Crippen LogP contribution in [0.1, 0.15) is 78.6 Å². The predicted octanol–water partition coefficient (Wildman–Crippen LogP) is 5.49. The molecular formula is C41H45FN8O5. The quantitative estimate of drug-likeness (QED) is 0.0963. The van der Waals surface area contributed by atoms with Gasteiger partial charge in [0.2, 0.25) is 0 Å². The largest absolute Gasteiger partial charge is 0.461 e. The molecule has 0 unspecified atom stereocenters. The molecule has 0 radical (unpaired) electrons. The van der Waals surface area contributed by atoms with Crippen molar-refractivity contribution in [1.29, 1.82) is 0 Å². The Labute approximate surface area is 319 Å². The van der Waals surface area contributed by atoms with Crippen molar-refractivity contribution >= 4 is 28.5 Å². The number of esters is 2. The molecule has 5 aromatic rings. The van der Waals surface area contributed by atoms with Gasteiger partial charge in [0, 0.05) is 78.9 Å². The summed E-state index contributed by atoms with van der Waals surface area (Å²) in [6, 6.07) is 11.6. The number of pyridine rings is 3. The number of terminal acetylenes is 1. The van der Waals surface area contributed by atoms with Gasteiger partial charge in [-0.1, -0.05) is 5.21 Å². The monoisotopic (exact) mass is 748 g/mol. The number of ether oxygens (including phenoxy) is 2. The van der Waals surface area contributed by atoms with E-state index in [2.05, 4.69) is 57.9 Å². The van der Waals surface area contributed by atoms with Gasteiger partial charge in [-0.3, -0.25) is 19.7 Å². The number of halogens is 1. The SMILES string of the molecule is C#CC(=O)OCC.CCOC(=O)c1cn(-c2cc3c(cc2F)c(=O)c(CN(Cc2ccnc(C)c2)[C@H]2CCCN(c4ccc(C)nc4)C2)cn3C2CC2)nn1. The average molecular weight is 749 g/mol. The minimum atomic E-state index is -0.632. The first kappa shape index (κ1) is 38.8. The Morgan fingerprint density at radius 1 is 1.00 bits per heavy atom. The molecule has 1 saturated heterocycles. The number of carbonyl (C=O) groups excluding carboxylic acids is 2. The summed E-state index contributed by atoms with van der Waals surface area (Å²) in [5.41, 5.74) is 5.31. The van der Waals surface area contributed by atoms with Crippen LogP contribution < -0.4 is 10.3 Å². The lowest BCUT2D eigenvalue weighted by atomic mass is 10.0. The highest BCUT2D eigenvalue weighted by Crippen LogP contribution is 2.38. The first-order chi connectivity index (χ1) is 26.6. The van der Waals surface area contributed by atoms with E-state index in [-0.39, 0.29) is 35.5 Å². The average Bonchev–Trinajstić information content (AvgIpc) is 3.91. The molecule has 55 heavy (non-hydrogen) atoms. The maximum atomic E-state index is 15.8. The van der Waals surface area contributed by atoms with Gasteiger partial charge in [-0.15, -0.1) is 11.5 Å². The number of hydrogen-bond donors (Lipinski definition) is 0. The molecule has 4 aromatic heterocycles. The van der Waals surface area contributed by atoms with Gasteiger partial charge in [-0.05, 0) is 95.3 Å². The summed E-state index contributed by atoms with van der Waals surface area (Å²) < 4.78 is 28.4. The van der Waals surface area contributed by atoms with Gasteiger partial charge in [-0.2, -0.15) is 0 Å². The summed E-state index contributed by atoms with van der Waals surface area (Å²) in [5.74, 6) is -0.0488. The van der Waals surface area contributed by atoms with E-state index in [9.17, 15) is 14.4 Å². The van der Waals surface area contributed by atoms with Crippen LogP contribution in [0.5, 0.6) is 0 Å². The van der Waals surface area contributed by atoms with Gasteiger partial charge in [0.15, 0.2) is 11.1 Å². The first-order valence-electron chi connectivity index (χ1n) is 18.5. The maximum absolute atomic E-state index is 15.8. The van der Waals surface area contributed by atoms with Gasteiger partial charge in [0.05, 0.1) is 36.8 Å². The zero-order chi connectivity index (χ0) is 39.1. The van der Waals surface area contributed by atoms with Crippen molar-refractivity contribution in [2.24, 2.45) is 0 Å². The molecule has 0 spiro atoms. The molecule has 2 fully saturated rings. The Balaban J connectivity index is 0.000000672. The van der Waals surface area contributed by atoms with Crippen LogP contribution in [0.25, 0.3) is 16.6 Å². The van der Waals surface area contributed by atoms with E-state index in [0.29, 0.717) is 36.2 Å². The lowest BCUT2D eigenvalue weighted by molar-refractivity contribution is -0.136. The number of benzene rings is 1. The van der Waals surface area contributed by atoms with E-state index in [4.69, 9.17) is 4.74 Å². The number of aromatic nitrogens is 6. The van der Waals surface area contributed by atoms with Crippen molar-refractivity contribution < 1.29 is 23.5 Å². The van der Waals surface area contributed by atoms with Crippen molar-refractivity contribution in [2.45, 2.75) is 78.6 Å². The number of carbonyl (C=O) groups is 2. The summed E-state index contributed by atoms with van der Waals surface area (Å²) in [5, 5.41) is 8.16. The fourth-order valence-electron chi connectivity index (χ4n) is 6.82. The number of anilines is 1. The van der Waals surface area contributed by atoms with Gasteiger partial charge in [-0.25, -0.2) is 18.7 Å². The number of nitrogens with zero attached hydrogens (tertiary/aromatic N) is 8. The lowest BCUT2D eigenvalue weighted by Crippen LogP contribution is -2.48. The molecule has 0 N–H and O–H groups in total. The fourth-order valence-corrected chi connectivity index (χ4v) is 6.82. The van der Waals surface area contributed by atoms with Crippen LogP contribution >= 0.6 is 0 Å². The molecule has 286 valence electrons. The standard InChI is InChI=1S/C36H39FN8O3.C5H6O2/c1-4-48-36(47)32-22-45(41-40-32)34-16-33-30(15-31(34)37)35(46)26(20-44(33)27-9-10-27)19-43(18-25-11-12-38-24(3)14-25)29-6-5-13-42(21-29)28-8-7-23(2)39-17-28;1-3-5(6)7-4-2/h7-8,11-12,14-17,20,22,27,29H,4-6,9-10,13,18-19,21H2,1-3H3;1H,4H2,2H3/t29-;/m0./s1. The van der Waals surface area contributed by atoms with Crippen LogP contribution in [0, 0.1) is 32.0 Å². The molecule has 5 heterocycles. The van der Waals surface area contributed by atoms with E-state index < -0.39 is 17.8 Å². The highest BCUT2D eigenvalue weighted by Gasteiger charge is 2.30. The van der Waals surface area contributed by atoms with Gasteiger partial charge in [0.25, 0.3) is 0 Å². The number of piperidine rings is 1. The van der Waals surface area contributed by atoms with E-state index in [1.807, 2.05) is 44.6 Å². The Morgan fingerprint density at radius 2 is 1.80 bits per heavy atom. The normalized spacial score (nSPS) is 15.3. The molecule has 7 rings (SSSR count). The molecule has 1 aliphatic heterocycles. The molecule has 0 bridgehead atoms. The second-order valence-corrected chi connectivity index (χ2v) is 13.7. The Hall–Kier alpha value is -5.94. The van der Waals surface area contributed by atoms with Crippen LogP contribution in [0.2, 0.25) is 0 Å². The predicted molar refractivity (Wildman–Crippen MR) is 205 cm³/mol. The van der Waals surface area contributed by atoms with Crippen molar-refractivity contribution in [2.75, 3.05) is 31.2 Å². The lowest BCUT2D eigenvalue weighted by Gasteiger charge is -2.40. The molecule has 1 atom stereocenters. The Morgan fingerprint density at radius 3 is 2.47 bits per heavy atom. The second kappa shape index (κ2) is 17.5. The fraction of sp³-hybridized carbons (Fsp3) is 0.390. The van der Waals surface area contributed by atoms with E-state index in [0.717, 1.165) is 61.4 Å². The van der Waals surface area contributed by atoms with E-state index >= 15 is 4.39 Å². The van der Waals surface area contributed by atoms with Crippen LogP contribution in [0.15, 0.2) is 66.0 Å². The van der Waals surface area contributed by atoms with Crippen molar-refractivity contribution in [3.05, 3.63) is 105 Å². The smallest absolute Gasteiger partial charge is 0.384 e. The first-order valence-corrected chi connectivity index (χ1v) is 18.5. The number of aryl methyl sites for hydroxylation is 2. The van der Waals surface area contributed by atoms with Gasteiger partial charge >= 0.3 is 11.9 Å². The molecule has 1 aliphatic carbocycles. The Kier molecular flexibility index (Phi) is 12.3. The summed E-state index contributed by atoms with van der Waals surface area (Å²) >= 11 is 0. The number of rotatable bonds is 11. The van der Waals surface area contributed by atoms with Gasteiger partial charge < -0.3 is 18.9 Å². The minimum Gasteiger partial charge on any atom is -0.461 e.